The molecule has 0 spiro atoms. The SMILES string of the molecule is O=C1c2ccccc2C(=O)c2oc(N3CCCCCC3)cc21. The third-order valence-corrected chi connectivity index (χ3v) is 4.50. The number of benzene rings is 1. The van der Waals surface area contributed by atoms with Gasteiger partial charge in [-0.3, -0.25) is 9.59 Å². The lowest BCUT2D eigenvalue weighted by atomic mass is 9.89. The molecule has 1 aliphatic carbocycles. The van der Waals surface area contributed by atoms with Gasteiger partial charge in [0.25, 0.3) is 0 Å². The summed E-state index contributed by atoms with van der Waals surface area (Å²) in [5.74, 6) is 0.547. The summed E-state index contributed by atoms with van der Waals surface area (Å²) in [6, 6.07) is 8.69. The second-order valence-corrected chi connectivity index (χ2v) is 5.93. The number of carbonyl (C=O) groups is 2. The van der Waals surface area contributed by atoms with Crippen molar-refractivity contribution in [1.29, 1.82) is 0 Å². The highest BCUT2D eigenvalue weighted by Crippen LogP contribution is 2.33. The van der Waals surface area contributed by atoms with Gasteiger partial charge >= 0.3 is 0 Å². The van der Waals surface area contributed by atoms with E-state index in [4.69, 9.17) is 4.42 Å². The summed E-state index contributed by atoms with van der Waals surface area (Å²) in [6.45, 7) is 1.84. The highest BCUT2D eigenvalue weighted by Gasteiger charge is 2.34. The molecular formula is C18H17NO3. The van der Waals surface area contributed by atoms with E-state index in [9.17, 15) is 9.59 Å². The summed E-state index contributed by atoms with van der Waals surface area (Å²) in [4.78, 5) is 27.3. The van der Waals surface area contributed by atoms with Crippen LogP contribution in [0.25, 0.3) is 0 Å². The van der Waals surface area contributed by atoms with Crippen molar-refractivity contribution in [3.05, 3.63) is 52.8 Å². The van der Waals surface area contributed by atoms with Gasteiger partial charge in [0.2, 0.25) is 5.78 Å². The summed E-state index contributed by atoms with van der Waals surface area (Å²) < 4.78 is 5.80. The van der Waals surface area contributed by atoms with Crippen molar-refractivity contribution in [3.63, 3.8) is 0 Å². The highest BCUT2D eigenvalue weighted by molar-refractivity contribution is 6.27. The second-order valence-electron chi connectivity index (χ2n) is 5.93. The van der Waals surface area contributed by atoms with Crippen molar-refractivity contribution < 1.29 is 14.0 Å². The van der Waals surface area contributed by atoms with Crippen LogP contribution in [0.2, 0.25) is 0 Å². The van der Waals surface area contributed by atoms with Crippen molar-refractivity contribution in [3.8, 4) is 0 Å². The number of anilines is 1. The lowest BCUT2D eigenvalue weighted by Crippen LogP contribution is -2.23. The molecule has 4 nitrogen and oxygen atoms in total. The lowest BCUT2D eigenvalue weighted by molar-refractivity contribution is 0.0960. The molecule has 2 heterocycles. The van der Waals surface area contributed by atoms with Gasteiger partial charge in [0, 0.05) is 30.3 Å². The van der Waals surface area contributed by atoms with Crippen LogP contribution in [0.1, 0.15) is 57.7 Å². The third kappa shape index (κ3) is 1.98. The predicted molar refractivity (Wildman–Crippen MR) is 82.7 cm³/mol. The first-order valence-corrected chi connectivity index (χ1v) is 7.83. The zero-order valence-electron chi connectivity index (χ0n) is 12.3. The quantitative estimate of drug-likeness (QED) is 0.690. The molecule has 1 aromatic carbocycles. The molecule has 112 valence electrons. The molecule has 0 unspecified atom stereocenters. The van der Waals surface area contributed by atoms with Crippen LogP contribution < -0.4 is 4.90 Å². The topological polar surface area (TPSA) is 50.5 Å². The first-order valence-electron chi connectivity index (χ1n) is 7.83. The zero-order chi connectivity index (χ0) is 15.1. The molecule has 1 saturated heterocycles. The van der Waals surface area contributed by atoms with Crippen molar-refractivity contribution in [1.82, 2.24) is 0 Å². The Morgan fingerprint density at radius 1 is 0.818 bits per heavy atom. The number of fused-ring (bicyclic) bond motifs is 2. The van der Waals surface area contributed by atoms with E-state index in [1.807, 2.05) is 0 Å². The maximum atomic E-state index is 12.6. The Bertz CT molecular complexity index is 699. The Morgan fingerprint density at radius 3 is 2.14 bits per heavy atom. The normalized spacial score (nSPS) is 17.9. The monoisotopic (exact) mass is 295 g/mol. The van der Waals surface area contributed by atoms with Gasteiger partial charge in [-0.2, -0.15) is 0 Å². The van der Waals surface area contributed by atoms with E-state index in [2.05, 4.69) is 4.90 Å². The molecule has 0 saturated carbocycles. The molecule has 2 aliphatic rings. The van der Waals surface area contributed by atoms with Crippen LogP contribution >= 0.6 is 0 Å². The lowest BCUT2D eigenvalue weighted by Gasteiger charge is -2.18. The van der Waals surface area contributed by atoms with Gasteiger partial charge in [-0.25, -0.2) is 0 Å². The number of hydrogen-bond donors (Lipinski definition) is 0. The fourth-order valence-electron chi connectivity index (χ4n) is 3.31. The molecule has 0 amide bonds. The fraction of sp³-hybridized carbons (Fsp3) is 0.333. The Labute approximate surface area is 128 Å². The van der Waals surface area contributed by atoms with Gasteiger partial charge in [-0.15, -0.1) is 0 Å². The van der Waals surface area contributed by atoms with Gasteiger partial charge in [0.15, 0.2) is 17.4 Å². The fourth-order valence-corrected chi connectivity index (χ4v) is 3.31. The summed E-state index contributed by atoms with van der Waals surface area (Å²) >= 11 is 0. The van der Waals surface area contributed by atoms with Crippen molar-refractivity contribution in [2.24, 2.45) is 0 Å². The van der Waals surface area contributed by atoms with E-state index in [0.29, 0.717) is 22.6 Å². The van der Waals surface area contributed by atoms with Crippen LogP contribution in [-0.4, -0.2) is 24.7 Å². The Hall–Kier alpha value is -2.36. The Balaban J connectivity index is 1.76. The summed E-state index contributed by atoms with van der Waals surface area (Å²) in [5.41, 5.74) is 1.32. The minimum absolute atomic E-state index is 0.116. The van der Waals surface area contributed by atoms with Crippen LogP contribution in [0.3, 0.4) is 0 Å². The molecule has 1 fully saturated rings. The number of rotatable bonds is 1. The minimum Gasteiger partial charge on any atom is -0.436 e. The first kappa shape index (κ1) is 13.3. The Kier molecular flexibility index (Phi) is 3.10. The van der Waals surface area contributed by atoms with Gasteiger partial charge in [0.1, 0.15) is 0 Å². The van der Waals surface area contributed by atoms with Gasteiger partial charge in [-0.05, 0) is 12.8 Å². The predicted octanol–water partition coefficient (Wildman–Crippen LogP) is 3.44. The molecule has 0 radical (unpaired) electrons. The maximum absolute atomic E-state index is 12.6. The molecule has 0 N–H and O–H groups in total. The van der Waals surface area contributed by atoms with E-state index >= 15 is 0 Å². The molecule has 2 aromatic rings. The number of ketones is 2. The van der Waals surface area contributed by atoms with Crippen molar-refractivity contribution >= 4 is 17.5 Å². The van der Waals surface area contributed by atoms with Crippen molar-refractivity contribution in [2.45, 2.75) is 25.7 Å². The van der Waals surface area contributed by atoms with E-state index in [1.54, 1.807) is 30.3 Å². The molecule has 1 aromatic heterocycles. The minimum atomic E-state index is -0.189. The van der Waals surface area contributed by atoms with Gasteiger partial charge in [-0.1, -0.05) is 37.1 Å². The smallest absolute Gasteiger partial charge is 0.229 e. The second kappa shape index (κ2) is 5.13. The van der Waals surface area contributed by atoms with Gasteiger partial charge < -0.3 is 9.32 Å². The average Bonchev–Trinajstić information content (AvgIpc) is 2.82. The maximum Gasteiger partial charge on any atom is 0.229 e. The van der Waals surface area contributed by atoms with Gasteiger partial charge in [0.05, 0.1) is 5.56 Å². The molecule has 22 heavy (non-hydrogen) atoms. The molecule has 4 rings (SSSR count). The summed E-state index contributed by atoms with van der Waals surface area (Å²) in [7, 11) is 0. The van der Waals surface area contributed by atoms with Crippen molar-refractivity contribution in [2.75, 3.05) is 18.0 Å². The molecule has 0 atom stereocenters. The van der Waals surface area contributed by atoms with E-state index in [0.717, 1.165) is 25.9 Å². The first-order chi connectivity index (χ1) is 10.8. The molecular weight excluding hydrogens is 278 g/mol. The van der Waals surface area contributed by atoms with E-state index in [-0.39, 0.29) is 17.3 Å². The Morgan fingerprint density at radius 2 is 1.45 bits per heavy atom. The van der Waals surface area contributed by atoms with Crippen LogP contribution in [0.15, 0.2) is 34.7 Å². The third-order valence-electron chi connectivity index (χ3n) is 4.50. The van der Waals surface area contributed by atoms with Crippen LogP contribution in [0, 0.1) is 0 Å². The van der Waals surface area contributed by atoms with Crippen LogP contribution in [0.5, 0.6) is 0 Å². The van der Waals surface area contributed by atoms with E-state index < -0.39 is 0 Å². The van der Waals surface area contributed by atoms with Crippen LogP contribution in [0.4, 0.5) is 5.88 Å². The highest BCUT2D eigenvalue weighted by atomic mass is 16.4. The number of furan rings is 1. The summed E-state index contributed by atoms with van der Waals surface area (Å²) in [5, 5.41) is 0. The average molecular weight is 295 g/mol. The number of hydrogen-bond acceptors (Lipinski definition) is 4. The van der Waals surface area contributed by atoms with E-state index in [1.165, 1.54) is 12.8 Å². The molecule has 4 heteroatoms. The molecule has 1 aliphatic heterocycles. The number of nitrogens with zero attached hydrogens (tertiary/aromatic N) is 1. The van der Waals surface area contributed by atoms with Crippen LogP contribution in [-0.2, 0) is 0 Å². The number of carbonyl (C=O) groups excluding carboxylic acids is 2. The summed E-state index contributed by atoms with van der Waals surface area (Å²) in [6.07, 6.45) is 4.68. The molecule has 0 bridgehead atoms. The zero-order valence-corrected chi connectivity index (χ0v) is 12.3. The largest absolute Gasteiger partial charge is 0.436 e. The standard InChI is InChI=1S/C18H17NO3/c20-16-12-7-3-4-8-13(12)17(21)18-14(16)11-15(22-18)19-9-5-1-2-6-10-19/h3-4,7-8,11H,1-2,5-6,9-10H2.